The minimum Gasteiger partial charge on any atom is -0.0885 e. The second-order valence-corrected chi connectivity index (χ2v) is 10.1. The van der Waals surface area contributed by atoms with E-state index in [9.17, 15) is 0 Å². The highest BCUT2D eigenvalue weighted by molar-refractivity contribution is 4.84. The summed E-state index contributed by atoms with van der Waals surface area (Å²) in [7, 11) is 0. The van der Waals surface area contributed by atoms with Crippen LogP contribution in [0.2, 0.25) is 0 Å². The highest BCUT2D eigenvalue weighted by atomic mass is 14.2. The summed E-state index contributed by atoms with van der Waals surface area (Å²) in [5.74, 6) is 1.79. The van der Waals surface area contributed by atoms with Gasteiger partial charge < -0.3 is 0 Å². The molecule has 0 saturated heterocycles. The fraction of sp³-hybridized carbons (Fsp3) is 0.812. The van der Waals surface area contributed by atoms with Crippen molar-refractivity contribution in [1.82, 2.24) is 0 Å². The van der Waals surface area contributed by atoms with E-state index in [-0.39, 0.29) is 0 Å². The van der Waals surface area contributed by atoms with Gasteiger partial charge in [-0.3, -0.25) is 0 Å². The third kappa shape index (κ3) is 22.4. The van der Waals surface area contributed by atoms with Gasteiger partial charge >= 0.3 is 0 Å². The first-order valence-electron chi connectivity index (χ1n) is 14.7. The molecule has 0 aromatic carbocycles. The molecule has 0 fully saturated rings. The molecule has 0 N–H and O–H groups in total. The lowest BCUT2D eigenvalue weighted by Gasteiger charge is -2.24. The average molecular weight is 445 g/mol. The zero-order chi connectivity index (χ0) is 23.5. The van der Waals surface area contributed by atoms with Crippen molar-refractivity contribution in [2.45, 2.75) is 156 Å². The van der Waals surface area contributed by atoms with Gasteiger partial charge in [-0.25, -0.2) is 0 Å². The molecular formula is C32H60. The molecule has 32 heavy (non-hydrogen) atoms. The first kappa shape index (κ1) is 31.2. The molecule has 0 aliphatic rings. The maximum Gasteiger partial charge on any atom is -0.0351 e. The van der Waals surface area contributed by atoms with Crippen molar-refractivity contribution < 1.29 is 0 Å². The summed E-state index contributed by atoms with van der Waals surface area (Å²) in [6.07, 6.45) is 41.5. The van der Waals surface area contributed by atoms with E-state index in [0.717, 1.165) is 11.8 Å². The molecule has 2 unspecified atom stereocenters. The van der Waals surface area contributed by atoms with Crippen molar-refractivity contribution in [1.29, 1.82) is 0 Å². The zero-order valence-corrected chi connectivity index (χ0v) is 22.8. The number of rotatable bonds is 24. The Morgan fingerprint density at radius 2 is 0.750 bits per heavy atom. The summed E-state index contributed by atoms with van der Waals surface area (Å²) in [5.41, 5.74) is 0. The summed E-state index contributed by atoms with van der Waals surface area (Å²) < 4.78 is 0. The Hall–Kier alpha value is -0.780. The van der Waals surface area contributed by atoms with Crippen molar-refractivity contribution >= 4 is 0 Å². The van der Waals surface area contributed by atoms with Gasteiger partial charge in [0, 0.05) is 0 Å². The van der Waals surface area contributed by atoms with Crippen LogP contribution < -0.4 is 0 Å². The summed E-state index contributed by atoms with van der Waals surface area (Å²) >= 11 is 0. The molecule has 0 rings (SSSR count). The Morgan fingerprint density at radius 3 is 1.16 bits per heavy atom. The van der Waals surface area contributed by atoms with Crippen LogP contribution >= 0.6 is 0 Å². The van der Waals surface area contributed by atoms with Gasteiger partial charge in [-0.1, -0.05) is 109 Å². The molecular weight excluding hydrogens is 384 g/mol. The molecule has 0 aromatic rings. The van der Waals surface area contributed by atoms with Crippen LogP contribution in [0.15, 0.2) is 36.5 Å². The molecule has 0 spiro atoms. The van der Waals surface area contributed by atoms with E-state index in [0.29, 0.717) is 0 Å². The topological polar surface area (TPSA) is 0 Å². The van der Waals surface area contributed by atoms with Gasteiger partial charge in [-0.05, 0) is 95.3 Å². The number of hydrogen-bond acceptors (Lipinski definition) is 0. The normalized spacial score (nSPS) is 14.2. The Kier molecular flexibility index (Phi) is 25.8. The van der Waals surface area contributed by atoms with E-state index in [4.69, 9.17) is 0 Å². The second kappa shape index (κ2) is 26.5. The molecule has 0 nitrogen and oxygen atoms in total. The van der Waals surface area contributed by atoms with Crippen LogP contribution in [-0.2, 0) is 0 Å². The number of allylic oxidation sites excluding steroid dienone is 6. The highest BCUT2D eigenvalue weighted by Crippen LogP contribution is 2.28. The maximum absolute atomic E-state index is 2.54. The molecule has 0 aromatic heterocycles. The molecule has 0 amide bonds. The zero-order valence-electron chi connectivity index (χ0n) is 22.8. The minimum absolute atomic E-state index is 0.876. The molecule has 188 valence electrons. The SMILES string of the molecule is CCCC/C=C\CCCC(CCC/C=C\CCCCC)C(C)CCC/C=C\CCCCC. The standard InChI is InChI=1S/C32H60/c1-5-8-11-14-17-20-22-25-28-31(4)32(29-26-23-19-16-13-10-7-3)30-27-24-21-18-15-12-9-6-2/h16-21,31-32H,5-15,22-30H2,1-4H3/b19-16-,20-17-,21-18-. The lowest BCUT2D eigenvalue weighted by molar-refractivity contribution is 0.284. The van der Waals surface area contributed by atoms with Crippen LogP contribution in [0.25, 0.3) is 0 Å². The van der Waals surface area contributed by atoms with Crippen LogP contribution in [0.4, 0.5) is 0 Å². The molecule has 0 heterocycles. The third-order valence-electron chi connectivity index (χ3n) is 6.90. The van der Waals surface area contributed by atoms with Gasteiger partial charge in [0.25, 0.3) is 0 Å². The van der Waals surface area contributed by atoms with Crippen molar-refractivity contribution in [2.75, 3.05) is 0 Å². The van der Waals surface area contributed by atoms with Crippen molar-refractivity contribution in [3.8, 4) is 0 Å². The van der Waals surface area contributed by atoms with Gasteiger partial charge in [0.1, 0.15) is 0 Å². The fourth-order valence-electron chi connectivity index (χ4n) is 4.56. The lowest BCUT2D eigenvalue weighted by atomic mass is 9.82. The first-order chi connectivity index (χ1) is 15.8. The van der Waals surface area contributed by atoms with Crippen LogP contribution in [-0.4, -0.2) is 0 Å². The summed E-state index contributed by atoms with van der Waals surface area (Å²) in [6, 6.07) is 0. The Balaban J connectivity index is 4.23. The Morgan fingerprint density at radius 1 is 0.406 bits per heavy atom. The molecule has 0 saturated carbocycles. The van der Waals surface area contributed by atoms with Gasteiger partial charge in [0.15, 0.2) is 0 Å². The van der Waals surface area contributed by atoms with Crippen molar-refractivity contribution in [3.63, 3.8) is 0 Å². The largest absolute Gasteiger partial charge is 0.0885 e. The molecule has 2 atom stereocenters. The van der Waals surface area contributed by atoms with Crippen molar-refractivity contribution in [3.05, 3.63) is 36.5 Å². The van der Waals surface area contributed by atoms with E-state index < -0.39 is 0 Å². The summed E-state index contributed by atoms with van der Waals surface area (Å²) in [6.45, 7) is 9.39. The first-order valence-corrected chi connectivity index (χ1v) is 14.7. The lowest BCUT2D eigenvalue weighted by Crippen LogP contribution is -2.12. The minimum atomic E-state index is 0.876. The maximum atomic E-state index is 2.54. The van der Waals surface area contributed by atoms with E-state index in [1.165, 1.54) is 128 Å². The van der Waals surface area contributed by atoms with Crippen LogP contribution in [0.5, 0.6) is 0 Å². The van der Waals surface area contributed by atoms with Gasteiger partial charge in [-0.15, -0.1) is 0 Å². The third-order valence-corrected chi connectivity index (χ3v) is 6.90. The average Bonchev–Trinajstić information content (AvgIpc) is 2.80. The molecule has 0 radical (unpaired) electrons. The predicted molar refractivity (Wildman–Crippen MR) is 149 cm³/mol. The van der Waals surface area contributed by atoms with E-state index in [2.05, 4.69) is 64.2 Å². The van der Waals surface area contributed by atoms with E-state index in [1.54, 1.807) is 0 Å². The van der Waals surface area contributed by atoms with Gasteiger partial charge in [0.2, 0.25) is 0 Å². The summed E-state index contributed by atoms with van der Waals surface area (Å²) in [5, 5.41) is 0. The molecule has 0 heteroatoms. The highest BCUT2D eigenvalue weighted by Gasteiger charge is 2.16. The van der Waals surface area contributed by atoms with Crippen LogP contribution in [0.1, 0.15) is 156 Å². The Bertz CT molecular complexity index is 427. The molecule has 0 aliphatic heterocycles. The quantitative estimate of drug-likeness (QED) is 0.102. The van der Waals surface area contributed by atoms with Crippen LogP contribution in [0.3, 0.4) is 0 Å². The second-order valence-electron chi connectivity index (χ2n) is 10.1. The number of unbranched alkanes of at least 4 members (excludes halogenated alkanes) is 11. The van der Waals surface area contributed by atoms with E-state index >= 15 is 0 Å². The summed E-state index contributed by atoms with van der Waals surface area (Å²) in [4.78, 5) is 0. The van der Waals surface area contributed by atoms with E-state index in [1.807, 2.05) is 0 Å². The Labute approximate surface area is 204 Å². The number of hydrogen-bond donors (Lipinski definition) is 0. The molecule has 0 bridgehead atoms. The van der Waals surface area contributed by atoms with Crippen molar-refractivity contribution in [2.24, 2.45) is 11.8 Å². The fourth-order valence-corrected chi connectivity index (χ4v) is 4.56. The molecule has 0 aliphatic carbocycles. The van der Waals surface area contributed by atoms with Gasteiger partial charge in [0.05, 0.1) is 0 Å². The predicted octanol–water partition coefficient (Wildman–Crippen LogP) is 11.8. The van der Waals surface area contributed by atoms with Gasteiger partial charge in [-0.2, -0.15) is 0 Å². The monoisotopic (exact) mass is 444 g/mol. The van der Waals surface area contributed by atoms with Crippen LogP contribution in [0, 0.1) is 11.8 Å². The smallest absolute Gasteiger partial charge is 0.0351 e.